The summed E-state index contributed by atoms with van der Waals surface area (Å²) < 4.78 is 4.63. The lowest BCUT2D eigenvalue weighted by Gasteiger charge is -2.20. The molecule has 76 valence electrons. The van der Waals surface area contributed by atoms with Crippen molar-refractivity contribution >= 4 is 11.7 Å². The number of nitrogens with one attached hydrogen (secondary N) is 2. The van der Waals surface area contributed by atoms with Crippen LogP contribution in [0.5, 0.6) is 0 Å². The van der Waals surface area contributed by atoms with Crippen LogP contribution in [0.25, 0.3) is 0 Å². The van der Waals surface area contributed by atoms with Crippen LogP contribution in [0.4, 0.5) is 5.82 Å². The molecule has 0 aliphatic carbocycles. The van der Waals surface area contributed by atoms with E-state index < -0.39 is 0 Å². The average molecular weight is 195 g/mol. The molecule has 5 heteroatoms. The van der Waals surface area contributed by atoms with E-state index in [0.29, 0.717) is 5.82 Å². The maximum Gasteiger partial charge on any atom is 0.232 e. The third kappa shape index (κ3) is 1.63. The van der Waals surface area contributed by atoms with Crippen molar-refractivity contribution in [2.24, 2.45) is 5.41 Å². The van der Waals surface area contributed by atoms with Crippen molar-refractivity contribution in [2.45, 2.75) is 13.3 Å². The van der Waals surface area contributed by atoms with Crippen LogP contribution in [0.3, 0.4) is 0 Å². The summed E-state index contributed by atoms with van der Waals surface area (Å²) in [6.07, 6.45) is 2.29. The smallest absolute Gasteiger partial charge is 0.232 e. The molecule has 1 fully saturated rings. The molecule has 5 nitrogen and oxygen atoms in total. The van der Waals surface area contributed by atoms with Gasteiger partial charge in [0.15, 0.2) is 5.82 Å². The molecule has 0 aromatic carbocycles. The second-order valence-electron chi connectivity index (χ2n) is 3.83. The van der Waals surface area contributed by atoms with E-state index in [1.165, 1.54) is 6.26 Å². The Hall–Kier alpha value is -1.36. The highest BCUT2D eigenvalue weighted by atomic mass is 16.5. The molecule has 0 bridgehead atoms. The lowest BCUT2D eigenvalue weighted by Crippen LogP contribution is -2.35. The van der Waals surface area contributed by atoms with E-state index in [1.807, 2.05) is 6.92 Å². The lowest BCUT2D eigenvalue weighted by molar-refractivity contribution is -0.123. The van der Waals surface area contributed by atoms with Crippen LogP contribution >= 0.6 is 0 Å². The van der Waals surface area contributed by atoms with Gasteiger partial charge in [0.25, 0.3) is 0 Å². The largest absolute Gasteiger partial charge is 0.363 e. The van der Waals surface area contributed by atoms with Gasteiger partial charge in [0.1, 0.15) is 6.26 Å². The Balaban J connectivity index is 2.02. The first-order chi connectivity index (χ1) is 6.71. The normalized spacial score (nSPS) is 26.4. The van der Waals surface area contributed by atoms with Gasteiger partial charge in [-0.1, -0.05) is 5.16 Å². The molecule has 1 aliphatic heterocycles. The molecule has 1 aromatic rings. The minimum absolute atomic E-state index is 0.00333. The molecule has 1 atom stereocenters. The predicted molar refractivity (Wildman–Crippen MR) is 50.7 cm³/mol. The fourth-order valence-corrected chi connectivity index (χ4v) is 1.55. The molecule has 1 aliphatic rings. The van der Waals surface area contributed by atoms with Crippen molar-refractivity contribution in [1.82, 2.24) is 10.5 Å². The Morgan fingerprint density at radius 3 is 3.21 bits per heavy atom. The molecule has 0 saturated carbocycles. The van der Waals surface area contributed by atoms with Gasteiger partial charge in [-0.25, -0.2) is 0 Å². The number of amides is 1. The van der Waals surface area contributed by atoms with E-state index >= 15 is 0 Å². The van der Waals surface area contributed by atoms with Gasteiger partial charge in [0.2, 0.25) is 5.91 Å². The highest BCUT2D eigenvalue weighted by Crippen LogP contribution is 2.25. The number of hydrogen-bond donors (Lipinski definition) is 2. The quantitative estimate of drug-likeness (QED) is 0.725. The highest BCUT2D eigenvalue weighted by molar-refractivity contribution is 5.94. The summed E-state index contributed by atoms with van der Waals surface area (Å²) >= 11 is 0. The first kappa shape index (κ1) is 9.21. The Morgan fingerprint density at radius 2 is 2.64 bits per heavy atom. The molecule has 1 unspecified atom stereocenters. The molecular weight excluding hydrogens is 182 g/mol. The molecule has 2 rings (SSSR count). The van der Waals surface area contributed by atoms with E-state index in [9.17, 15) is 4.79 Å². The SMILES string of the molecule is CC1(C(=O)Nc2ccon2)CCNC1. The summed E-state index contributed by atoms with van der Waals surface area (Å²) in [5.41, 5.74) is -0.320. The molecular formula is C9H13N3O2. The number of nitrogens with zero attached hydrogens (tertiary/aromatic N) is 1. The van der Waals surface area contributed by atoms with Crippen molar-refractivity contribution in [3.05, 3.63) is 12.3 Å². The zero-order chi connectivity index (χ0) is 10.0. The summed E-state index contributed by atoms with van der Waals surface area (Å²) in [6, 6.07) is 1.63. The number of aromatic nitrogens is 1. The standard InChI is InChI=1S/C9H13N3O2/c1-9(3-4-10-6-9)8(13)11-7-2-5-14-12-7/h2,5,10H,3-4,6H2,1H3,(H,11,12,13). The maximum absolute atomic E-state index is 11.8. The van der Waals surface area contributed by atoms with Gasteiger partial charge < -0.3 is 15.2 Å². The Morgan fingerprint density at radius 1 is 1.79 bits per heavy atom. The summed E-state index contributed by atoms with van der Waals surface area (Å²) in [5, 5.41) is 9.52. The van der Waals surface area contributed by atoms with Gasteiger partial charge in [-0.2, -0.15) is 0 Å². The van der Waals surface area contributed by atoms with E-state index in [2.05, 4.69) is 20.3 Å². The number of carbonyl (C=O) groups excluding carboxylic acids is 1. The van der Waals surface area contributed by atoms with E-state index in [4.69, 9.17) is 0 Å². The van der Waals surface area contributed by atoms with E-state index in [0.717, 1.165) is 19.5 Å². The van der Waals surface area contributed by atoms with E-state index in [-0.39, 0.29) is 11.3 Å². The van der Waals surface area contributed by atoms with Crippen molar-refractivity contribution in [3.63, 3.8) is 0 Å². The van der Waals surface area contributed by atoms with Gasteiger partial charge in [0, 0.05) is 12.6 Å². The summed E-state index contributed by atoms with van der Waals surface area (Å²) in [6.45, 7) is 3.56. The van der Waals surface area contributed by atoms with Crippen LogP contribution in [0.2, 0.25) is 0 Å². The molecule has 1 aromatic heterocycles. The molecule has 0 spiro atoms. The lowest BCUT2D eigenvalue weighted by atomic mass is 9.89. The zero-order valence-electron chi connectivity index (χ0n) is 8.04. The van der Waals surface area contributed by atoms with Crippen molar-refractivity contribution in [2.75, 3.05) is 18.4 Å². The van der Waals surface area contributed by atoms with Gasteiger partial charge in [-0.15, -0.1) is 0 Å². The van der Waals surface area contributed by atoms with Crippen molar-refractivity contribution < 1.29 is 9.32 Å². The van der Waals surface area contributed by atoms with Gasteiger partial charge in [-0.3, -0.25) is 4.79 Å². The average Bonchev–Trinajstić information content (AvgIpc) is 2.76. The van der Waals surface area contributed by atoms with Crippen molar-refractivity contribution in [3.8, 4) is 0 Å². The number of carbonyl (C=O) groups is 1. The molecule has 0 radical (unpaired) electrons. The third-order valence-corrected chi connectivity index (χ3v) is 2.60. The molecule has 2 N–H and O–H groups in total. The van der Waals surface area contributed by atoms with Crippen LogP contribution in [0.15, 0.2) is 16.9 Å². The molecule has 14 heavy (non-hydrogen) atoms. The summed E-state index contributed by atoms with van der Waals surface area (Å²) in [4.78, 5) is 11.8. The van der Waals surface area contributed by atoms with Gasteiger partial charge in [0.05, 0.1) is 5.41 Å². The van der Waals surface area contributed by atoms with Crippen LogP contribution in [-0.4, -0.2) is 24.2 Å². The van der Waals surface area contributed by atoms with Gasteiger partial charge >= 0.3 is 0 Å². The van der Waals surface area contributed by atoms with E-state index in [1.54, 1.807) is 6.07 Å². The van der Waals surface area contributed by atoms with Crippen LogP contribution in [-0.2, 0) is 4.79 Å². The number of rotatable bonds is 2. The summed E-state index contributed by atoms with van der Waals surface area (Å²) in [5.74, 6) is 0.472. The zero-order valence-corrected chi connectivity index (χ0v) is 8.04. The first-order valence-corrected chi connectivity index (χ1v) is 4.63. The Bertz CT molecular complexity index is 315. The Kier molecular flexibility index (Phi) is 2.25. The first-order valence-electron chi connectivity index (χ1n) is 4.63. The fraction of sp³-hybridized carbons (Fsp3) is 0.556. The molecule has 1 saturated heterocycles. The monoisotopic (exact) mass is 195 g/mol. The van der Waals surface area contributed by atoms with Gasteiger partial charge in [-0.05, 0) is 19.9 Å². The fourth-order valence-electron chi connectivity index (χ4n) is 1.55. The minimum atomic E-state index is -0.320. The molecule has 2 heterocycles. The summed E-state index contributed by atoms with van der Waals surface area (Å²) in [7, 11) is 0. The second kappa shape index (κ2) is 3.42. The van der Waals surface area contributed by atoms with Crippen molar-refractivity contribution in [1.29, 1.82) is 0 Å². The number of hydrogen-bond acceptors (Lipinski definition) is 4. The second-order valence-corrected chi connectivity index (χ2v) is 3.83. The Labute approximate surface area is 81.8 Å². The minimum Gasteiger partial charge on any atom is -0.363 e. The van der Waals surface area contributed by atoms with Crippen LogP contribution in [0, 0.1) is 5.41 Å². The topological polar surface area (TPSA) is 67.2 Å². The van der Waals surface area contributed by atoms with Crippen LogP contribution < -0.4 is 10.6 Å². The third-order valence-electron chi connectivity index (χ3n) is 2.60. The number of anilines is 1. The van der Waals surface area contributed by atoms with Crippen LogP contribution in [0.1, 0.15) is 13.3 Å². The maximum atomic E-state index is 11.8. The molecule has 1 amide bonds. The predicted octanol–water partition coefficient (Wildman–Crippen LogP) is 0.613. The highest BCUT2D eigenvalue weighted by Gasteiger charge is 2.36.